The molecule has 1 fully saturated rings. The summed E-state index contributed by atoms with van der Waals surface area (Å²) in [5.74, 6) is 2.15. The van der Waals surface area contributed by atoms with Gasteiger partial charge in [-0.05, 0) is 38.3 Å². The molecular weight excluding hydrogens is 264 g/mol. The fourth-order valence-electron chi connectivity index (χ4n) is 2.33. The molecule has 6 nitrogen and oxygen atoms in total. The molecule has 0 saturated carbocycles. The molecule has 1 rings (SSSR count). The molecule has 0 aromatic carbocycles. The van der Waals surface area contributed by atoms with E-state index in [0.717, 1.165) is 24.8 Å². The highest BCUT2D eigenvalue weighted by molar-refractivity contribution is 5.72. The highest BCUT2D eigenvalue weighted by atomic mass is 15.2. The Kier molecular flexibility index (Phi) is 7.86. The van der Waals surface area contributed by atoms with Crippen molar-refractivity contribution in [2.75, 3.05) is 19.8 Å². The fraction of sp³-hybridized carbons (Fsp3) is 0.533. The lowest BCUT2D eigenvalue weighted by atomic mass is 9.96. The largest absolute Gasteiger partial charge is 0.402 e. The highest BCUT2D eigenvalue weighted by Gasteiger charge is 2.19. The monoisotopic (exact) mass is 290 g/mol. The van der Waals surface area contributed by atoms with Gasteiger partial charge in [0.2, 0.25) is 0 Å². The van der Waals surface area contributed by atoms with Crippen LogP contribution in [-0.4, -0.2) is 44.3 Å². The van der Waals surface area contributed by atoms with Crippen molar-refractivity contribution in [3.8, 4) is 0 Å². The van der Waals surface area contributed by atoms with Gasteiger partial charge in [0.15, 0.2) is 0 Å². The first kappa shape index (κ1) is 16.9. The van der Waals surface area contributed by atoms with Crippen LogP contribution < -0.4 is 11.1 Å². The van der Waals surface area contributed by atoms with Crippen LogP contribution in [0.15, 0.2) is 38.9 Å². The molecule has 0 radical (unpaired) electrons. The van der Waals surface area contributed by atoms with Crippen LogP contribution in [0, 0.1) is 5.92 Å². The van der Waals surface area contributed by atoms with E-state index in [4.69, 9.17) is 5.73 Å². The number of nitrogens with one attached hydrogen (secondary N) is 1. The topological polar surface area (TPSA) is 78.4 Å². The Morgan fingerprint density at radius 1 is 1.43 bits per heavy atom. The van der Waals surface area contributed by atoms with Crippen LogP contribution in [0.5, 0.6) is 0 Å². The highest BCUT2D eigenvalue weighted by Crippen LogP contribution is 2.22. The fourth-order valence-corrected chi connectivity index (χ4v) is 2.33. The van der Waals surface area contributed by atoms with Crippen LogP contribution in [-0.2, 0) is 0 Å². The molecule has 0 aromatic rings. The third-order valence-corrected chi connectivity index (χ3v) is 3.59. The van der Waals surface area contributed by atoms with Crippen molar-refractivity contribution in [2.45, 2.75) is 26.2 Å². The van der Waals surface area contributed by atoms with E-state index in [0.29, 0.717) is 12.5 Å². The molecule has 0 spiro atoms. The molecule has 0 bridgehead atoms. The Morgan fingerprint density at radius 3 is 2.86 bits per heavy atom. The van der Waals surface area contributed by atoms with Crippen molar-refractivity contribution in [3.05, 3.63) is 23.9 Å². The Hall–Kier alpha value is -2.11. The number of rotatable bonds is 8. The second-order valence-corrected chi connectivity index (χ2v) is 4.92. The summed E-state index contributed by atoms with van der Waals surface area (Å²) in [5, 5.41) is 2.93. The zero-order valence-electron chi connectivity index (χ0n) is 12.8. The molecule has 1 unspecified atom stereocenters. The van der Waals surface area contributed by atoms with E-state index in [1.54, 1.807) is 6.21 Å². The predicted octanol–water partition coefficient (Wildman–Crippen LogP) is 1.73. The minimum Gasteiger partial charge on any atom is -0.402 e. The smallest absolute Gasteiger partial charge is 0.142 e. The molecule has 1 aliphatic rings. The molecule has 0 amide bonds. The summed E-state index contributed by atoms with van der Waals surface area (Å²) in [4.78, 5) is 14.3. The van der Waals surface area contributed by atoms with Gasteiger partial charge in [0.05, 0.1) is 0 Å². The van der Waals surface area contributed by atoms with Crippen molar-refractivity contribution in [3.63, 3.8) is 0 Å². The second-order valence-electron chi connectivity index (χ2n) is 4.92. The van der Waals surface area contributed by atoms with Crippen LogP contribution in [0.1, 0.15) is 26.2 Å². The third kappa shape index (κ3) is 5.81. The maximum atomic E-state index is 5.34. The van der Waals surface area contributed by atoms with Crippen molar-refractivity contribution in [1.82, 2.24) is 10.2 Å². The van der Waals surface area contributed by atoms with E-state index in [-0.39, 0.29) is 0 Å². The Bertz CT molecular complexity index is 424. The summed E-state index contributed by atoms with van der Waals surface area (Å²) in [6.07, 6.45) is 8.69. The first-order valence-electron chi connectivity index (χ1n) is 7.29. The van der Waals surface area contributed by atoms with E-state index < -0.39 is 0 Å². The molecule has 0 aliphatic carbocycles. The maximum Gasteiger partial charge on any atom is 0.142 e. The number of aliphatic imine (C=N–C) groups is 3. The van der Waals surface area contributed by atoms with Crippen LogP contribution in [0.2, 0.25) is 0 Å². The number of nitrogens with zero attached hydrogens (tertiary/aromatic N) is 4. The summed E-state index contributed by atoms with van der Waals surface area (Å²) < 4.78 is 0. The van der Waals surface area contributed by atoms with Crippen LogP contribution >= 0.6 is 0 Å². The number of likely N-dealkylation sites (tertiary alicyclic amines) is 1. The van der Waals surface area contributed by atoms with Gasteiger partial charge in [0.25, 0.3) is 0 Å². The number of allylic oxidation sites excluding steroid dienone is 1. The summed E-state index contributed by atoms with van der Waals surface area (Å²) in [6, 6.07) is 0. The average molecular weight is 290 g/mol. The first-order chi connectivity index (χ1) is 10.2. The maximum absolute atomic E-state index is 5.34. The molecule has 1 heterocycles. The van der Waals surface area contributed by atoms with Crippen LogP contribution in [0.3, 0.4) is 0 Å². The van der Waals surface area contributed by atoms with E-state index in [1.165, 1.54) is 25.5 Å². The first-order valence-corrected chi connectivity index (χ1v) is 7.29. The van der Waals surface area contributed by atoms with E-state index in [1.807, 2.05) is 6.08 Å². The SMILES string of the molecule is C=N/C(=C\N)NCN=C/C=C(\N=C)N1CCCC(CC)C1. The second kappa shape index (κ2) is 9.74. The van der Waals surface area contributed by atoms with Crippen molar-refractivity contribution in [2.24, 2.45) is 26.6 Å². The molecule has 21 heavy (non-hydrogen) atoms. The van der Waals surface area contributed by atoms with Crippen LogP contribution in [0.4, 0.5) is 0 Å². The van der Waals surface area contributed by atoms with E-state index in [9.17, 15) is 0 Å². The number of hydrogen-bond acceptors (Lipinski definition) is 6. The summed E-state index contributed by atoms with van der Waals surface area (Å²) in [5.41, 5.74) is 5.34. The number of hydrogen-bond donors (Lipinski definition) is 2. The molecule has 6 heteroatoms. The Morgan fingerprint density at radius 2 is 2.24 bits per heavy atom. The zero-order chi connectivity index (χ0) is 15.5. The molecule has 0 aromatic heterocycles. The number of piperidine rings is 1. The van der Waals surface area contributed by atoms with Gasteiger partial charge in [-0.25, -0.2) is 9.98 Å². The minimum atomic E-state index is 0.389. The standard InChI is InChI=1S/C15H26N6/c1-4-13-6-5-9-21(11-13)15(18-3)7-8-19-12-20-14(10-16)17-2/h7-8,10,13,20H,2-6,9,11-12,16H2,1H3/b14-10+,15-7+,19-8?. The van der Waals surface area contributed by atoms with Gasteiger partial charge in [0.1, 0.15) is 18.3 Å². The number of nitrogens with two attached hydrogens (primary N) is 1. The van der Waals surface area contributed by atoms with Gasteiger partial charge < -0.3 is 16.0 Å². The lowest BCUT2D eigenvalue weighted by Gasteiger charge is -2.33. The van der Waals surface area contributed by atoms with E-state index in [2.05, 4.69) is 45.6 Å². The average Bonchev–Trinajstić information content (AvgIpc) is 2.54. The molecule has 3 N–H and O–H groups in total. The molecule has 1 atom stereocenters. The molecule has 116 valence electrons. The van der Waals surface area contributed by atoms with Gasteiger partial charge >= 0.3 is 0 Å². The normalized spacial score (nSPS) is 20.6. The van der Waals surface area contributed by atoms with E-state index >= 15 is 0 Å². The Balaban J connectivity index is 2.51. The lowest BCUT2D eigenvalue weighted by molar-refractivity contribution is 0.212. The Labute approximate surface area is 127 Å². The summed E-state index contributed by atoms with van der Waals surface area (Å²) in [6.45, 7) is 11.8. The van der Waals surface area contributed by atoms with Gasteiger partial charge in [-0.2, -0.15) is 0 Å². The predicted molar refractivity (Wildman–Crippen MR) is 90.5 cm³/mol. The van der Waals surface area contributed by atoms with Crippen molar-refractivity contribution in [1.29, 1.82) is 0 Å². The quantitative estimate of drug-likeness (QED) is 0.668. The molecule has 1 aliphatic heterocycles. The minimum absolute atomic E-state index is 0.389. The summed E-state index contributed by atoms with van der Waals surface area (Å²) >= 11 is 0. The van der Waals surface area contributed by atoms with Crippen molar-refractivity contribution < 1.29 is 0 Å². The van der Waals surface area contributed by atoms with Gasteiger partial charge in [-0.1, -0.05) is 13.3 Å². The molecular formula is C15H26N6. The van der Waals surface area contributed by atoms with Gasteiger partial charge in [-0.15, -0.1) is 0 Å². The van der Waals surface area contributed by atoms with Gasteiger partial charge in [-0.3, -0.25) is 4.99 Å². The lowest BCUT2D eigenvalue weighted by Crippen LogP contribution is -2.34. The van der Waals surface area contributed by atoms with Crippen molar-refractivity contribution >= 4 is 19.6 Å². The van der Waals surface area contributed by atoms with Crippen LogP contribution in [0.25, 0.3) is 0 Å². The third-order valence-electron chi connectivity index (χ3n) is 3.59. The van der Waals surface area contributed by atoms with Gasteiger partial charge in [0, 0.05) is 25.5 Å². The zero-order valence-corrected chi connectivity index (χ0v) is 12.8. The molecule has 1 saturated heterocycles. The summed E-state index contributed by atoms with van der Waals surface area (Å²) in [7, 11) is 0.